The van der Waals surface area contributed by atoms with Crippen LogP contribution in [0.15, 0.2) is 52.4 Å². The Bertz CT molecular complexity index is 924. The molecule has 0 aliphatic rings. The van der Waals surface area contributed by atoms with Crippen LogP contribution in [0.25, 0.3) is 10.7 Å². The summed E-state index contributed by atoms with van der Waals surface area (Å²) < 4.78 is 5.22. The van der Waals surface area contributed by atoms with Crippen molar-refractivity contribution in [2.24, 2.45) is 0 Å². The summed E-state index contributed by atoms with van der Waals surface area (Å²) in [5.41, 5.74) is -0.884. The number of carboxylic acid groups (broad SMARTS) is 1. The van der Waals surface area contributed by atoms with Crippen molar-refractivity contribution in [3.8, 4) is 10.7 Å². The molecule has 0 bridgehead atoms. The predicted molar refractivity (Wildman–Crippen MR) is 105 cm³/mol. The first-order valence-electron chi connectivity index (χ1n) is 9.01. The summed E-state index contributed by atoms with van der Waals surface area (Å²) in [6.45, 7) is 1.74. The lowest BCUT2D eigenvalue weighted by molar-refractivity contribution is -0.148. The fourth-order valence-corrected chi connectivity index (χ4v) is 3.63. The van der Waals surface area contributed by atoms with Gasteiger partial charge in [-0.05, 0) is 29.9 Å². The molecule has 1 amide bonds. The van der Waals surface area contributed by atoms with Crippen molar-refractivity contribution in [2.45, 2.75) is 38.1 Å². The van der Waals surface area contributed by atoms with E-state index in [1.165, 1.54) is 11.3 Å². The fraction of sp³-hybridized carbons (Fsp3) is 0.300. The summed E-state index contributed by atoms with van der Waals surface area (Å²) in [6, 6.07) is 12.6. The molecule has 2 N–H and O–H groups in total. The fourth-order valence-electron chi connectivity index (χ4n) is 2.98. The minimum atomic E-state index is -1.44. The molecule has 1 atom stereocenters. The van der Waals surface area contributed by atoms with E-state index in [1.807, 2.05) is 23.6 Å². The second-order valence-electron chi connectivity index (χ2n) is 6.32. The lowest BCUT2D eigenvalue weighted by atomic mass is 9.87. The largest absolute Gasteiger partial charge is 0.479 e. The number of carbonyl (C=O) groups is 2. The van der Waals surface area contributed by atoms with Crippen molar-refractivity contribution >= 4 is 23.2 Å². The molecule has 2 aromatic heterocycles. The van der Waals surface area contributed by atoms with E-state index >= 15 is 0 Å². The van der Waals surface area contributed by atoms with E-state index in [0.29, 0.717) is 30.1 Å². The Morgan fingerprint density at radius 2 is 2.00 bits per heavy atom. The summed E-state index contributed by atoms with van der Waals surface area (Å²) in [5, 5.41) is 18.4. The van der Waals surface area contributed by atoms with Gasteiger partial charge in [0.1, 0.15) is 0 Å². The average molecular weight is 399 g/mol. The van der Waals surface area contributed by atoms with Gasteiger partial charge in [-0.15, -0.1) is 11.3 Å². The minimum absolute atomic E-state index is 0.165. The summed E-state index contributed by atoms with van der Waals surface area (Å²) in [5.74, 6) is -0.410. The second kappa shape index (κ2) is 8.79. The number of rotatable bonds is 9. The molecule has 3 aromatic rings. The Morgan fingerprint density at radius 1 is 1.21 bits per heavy atom. The molecular formula is C20H21N3O4S. The third-order valence-corrected chi connectivity index (χ3v) is 5.38. The highest BCUT2D eigenvalue weighted by Gasteiger charge is 2.39. The Kier molecular flexibility index (Phi) is 6.20. The predicted octanol–water partition coefficient (Wildman–Crippen LogP) is 3.63. The van der Waals surface area contributed by atoms with Gasteiger partial charge in [0.25, 0.3) is 0 Å². The number of amides is 1. The molecule has 146 valence electrons. The van der Waals surface area contributed by atoms with E-state index in [9.17, 15) is 14.7 Å². The van der Waals surface area contributed by atoms with Crippen LogP contribution in [0.5, 0.6) is 0 Å². The Hall–Kier alpha value is -3.00. The quantitative estimate of drug-likeness (QED) is 0.569. The third-order valence-electron chi connectivity index (χ3n) is 4.52. The van der Waals surface area contributed by atoms with Crippen LogP contribution < -0.4 is 5.32 Å². The topological polar surface area (TPSA) is 105 Å². The van der Waals surface area contributed by atoms with Crippen molar-refractivity contribution in [3.05, 3.63) is 59.3 Å². The molecule has 1 unspecified atom stereocenters. The first-order valence-corrected chi connectivity index (χ1v) is 9.89. The Morgan fingerprint density at radius 3 is 2.64 bits per heavy atom. The summed E-state index contributed by atoms with van der Waals surface area (Å²) in [4.78, 5) is 29.6. The van der Waals surface area contributed by atoms with Crippen molar-refractivity contribution in [1.29, 1.82) is 0 Å². The highest BCUT2D eigenvalue weighted by molar-refractivity contribution is 7.13. The molecule has 0 saturated carbocycles. The molecule has 8 heteroatoms. The zero-order chi connectivity index (χ0) is 20.0. The van der Waals surface area contributed by atoms with Gasteiger partial charge < -0.3 is 14.9 Å². The van der Waals surface area contributed by atoms with Crippen LogP contribution in [0, 0.1) is 0 Å². The second-order valence-corrected chi connectivity index (χ2v) is 7.27. The van der Waals surface area contributed by atoms with E-state index in [1.54, 1.807) is 31.2 Å². The SMILES string of the molecule is CCC(NC(=O)CCCc1nc(-c2cccs2)no1)(C(=O)O)c1ccccc1. The van der Waals surface area contributed by atoms with Gasteiger partial charge in [-0.2, -0.15) is 4.98 Å². The van der Waals surface area contributed by atoms with Crippen molar-refractivity contribution < 1.29 is 19.2 Å². The number of aliphatic carboxylic acids is 1. The van der Waals surface area contributed by atoms with Gasteiger partial charge in [0, 0.05) is 12.8 Å². The van der Waals surface area contributed by atoms with Gasteiger partial charge in [0.2, 0.25) is 17.6 Å². The van der Waals surface area contributed by atoms with Crippen LogP contribution in [0.2, 0.25) is 0 Å². The number of carboxylic acids is 1. The average Bonchev–Trinajstić information content (AvgIpc) is 3.38. The lowest BCUT2D eigenvalue weighted by Crippen LogP contribution is -2.51. The van der Waals surface area contributed by atoms with Gasteiger partial charge in [-0.3, -0.25) is 4.79 Å². The van der Waals surface area contributed by atoms with E-state index in [0.717, 1.165) is 4.88 Å². The number of aromatic nitrogens is 2. The van der Waals surface area contributed by atoms with Gasteiger partial charge in [0.05, 0.1) is 4.88 Å². The van der Waals surface area contributed by atoms with Crippen molar-refractivity contribution in [1.82, 2.24) is 15.5 Å². The molecular weight excluding hydrogens is 378 g/mol. The number of aryl methyl sites for hydroxylation is 1. The zero-order valence-electron chi connectivity index (χ0n) is 15.4. The summed E-state index contributed by atoms with van der Waals surface area (Å²) in [6.07, 6.45) is 1.33. The molecule has 0 saturated heterocycles. The summed E-state index contributed by atoms with van der Waals surface area (Å²) in [7, 11) is 0. The van der Waals surface area contributed by atoms with Gasteiger partial charge in [-0.1, -0.05) is 48.5 Å². The Labute approximate surface area is 166 Å². The number of hydrogen-bond donors (Lipinski definition) is 2. The third kappa shape index (κ3) is 4.28. The highest BCUT2D eigenvalue weighted by Crippen LogP contribution is 2.26. The molecule has 1 aromatic carbocycles. The van der Waals surface area contributed by atoms with E-state index in [4.69, 9.17) is 4.52 Å². The zero-order valence-corrected chi connectivity index (χ0v) is 16.2. The number of nitrogens with zero attached hydrogens (tertiary/aromatic N) is 2. The van der Waals surface area contributed by atoms with Gasteiger partial charge in [-0.25, -0.2) is 4.79 Å². The number of thiophene rings is 1. The molecule has 0 aliphatic carbocycles. The van der Waals surface area contributed by atoms with Crippen LogP contribution in [0.3, 0.4) is 0 Å². The summed E-state index contributed by atoms with van der Waals surface area (Å²) >= 11 is 1.52. The van der Waals surface area contributed by atoms with Crippen molar-refractivity contribution in [3.63, 3.8) is 0 Å². The lowest BCUT2D eigenvalue weighted by Gasteiger charge is -2.30. The molecule has 2 heterocycles. The standard InChI is InChI=1S/C20H21N3O4S/c1-2-20(19(25)26,14-8-4-3-5-9-14)22-16(24)11-6-12-17-21-18(23-27-17)15-10-7-13-28-15/h3-5,7-10,13H,2,6,11-12H2,1H3,(H,22,24)(H,25,26). The number of benzene rings is 1. The van der Waals surface area contributed by atoms with Crippen LogP contribution in [-0.2, 0) is 21.5 Å². The van der Waals surface area contributed by atoms with E-state index in [-0.39, 0.29) is 18.7 Å². The maximum atomic E-state index is 12.4. The molecule has 28 heavy (non-hydrogen) atoms. The van der Waals surface area contributed by atoms with E-state index in [2.05, 4.69) is 15.5 Å². The molecule has 7 nitrogen and oxygen atoms in total. The highest BCUT2D eigenvalue weighted by atomic mass is 32.1. The van der Waals surface area contributed by atoms with Crippen LogP contribution in [0.1, 0.15) is 37.6 Å². The monoisotopic (exact) mass is 399 g/mol. The molecule has 0 radical (unpaired) electrons. The number of carbonyl (C=O) groups excluding carboxylic acids is 1. The first kappa shape index (κ1) is 19.8. The van der Waals surface area contributed by atoms with Crippen LogP contribution >= 0.6 is 11.3 Å². The maximum Gasteiger partial charge on any atom is 0.334 e. The maximum absolute atomic E-state index is 12.4. The van der Waals surface area contributed by atoms with Crippen LogP contribution in [0.4, 0.5) is 0 Å². The number of nitrogens with one attached hydrogen (secondary N) is 1. The molecule has 3 rings (SSSR count). The molecule has 0 spiro atoms. The number of hydrogen-bond acceptors (Lipinski definition) is 6. The van der Waals surface area contributed by atoms with E-state index < -0.39 is 11.5 Å². The molecule has 0 aliphatic heterocycles. The first-order chi connectivity index (χ1) is 13.5. The van der Waals surface area contributed by atoms with Gasteiger partial charge in [0.15, 0.2) is 5.54 Å². The normalized spacial score (nSPS) is 13.0. The van der Waals surface area contributed by atoms with Crippen molar-refractivity contribution in [2.75, 3.05) is 0 Å². The smallest absolute Gasteiger partial charge is 0.334 e. The van der Waals surface area contributed by atoms with Gasteiger partial charge >= 0.3 is 5.97 Å². The Balaban J connectivity index is 1.59. The molecule has 0 fully saturated rings. The van der Waals surface area contributed by atoms with Crippen LogP contribution in [-0.4, -0.2) is 27.1 Å². The minimum Gasteiger partial charge on any atom is -0.479 e.